The minimum Gasteiger partial charge on any atom is -0.497 e. The van der Waals surface area contributed by atoms with Crippen molar-refractivity contribution in [2.45, 2.75) is 38.7 Å². The molecule has 1 fully saturated rings. The first-order valence-electron chi connectivity index (χ1n) is 12.9. The molecule has 2 aromatic carbocycles. The van der Waals surface area contributed by atoms with Crippen molar-refractivity contribution in [3.63, 3.8) is 0 Å². The molecular weight excluding hydrogens is 513 g/mol. The summed E-state index contributed by atoms with van der Waals surface area (Å²) in [5.74, 6) is -2.98. The van der Waals surface area contributed by atoms with E-state index in [9.17, 15) is 28.3 Å². The van der Waals surface area contributed by atoms with E-state index in [4.69, 9.17) is 4.74 Å². The van der Waals surface area contributed by atoms with E-state index in [2.05, 4.69) is 15.2 Å². The minimum absolute atomic E-state index is 0.160. The van der Waals surface area contributed by atoms with Gasteiger partial charge in [-0.3, -0.25) is 15.0 Å². The first kappa shape index (κ1) is 28.6. The van der Waals surface area contributed by atoms with Gasteiger partial charge in [-0.25, -0.2) is 18.7 Å². The topological polar surface area (TPSA) is 107 Å². The number of hydrogen-bond acceptors (Lipinski definition) is 7. The van der Waals surface area contributed by atoms with Gasteiger partial charge in [-0.05, 0) is 74.5 Å². The summed E-state index contributed by atoms with van der Waals surface area (Å²) in [5.41, 5.74) is 3.29. The highest BCUT2D eigenvalue weighted by molar-refractivity contribution is 5.84. The van der Waals surface area contributed by atoms with Crippen molar-refractivity contribution < 1.29 is 33.0 Å². The highest BCUT2D eigenvalue weighted by Gasteiger charge is 2.40. The summed E-state index contributed by atoms with van der Waals surface area (Å²) in [7, 11) is 1.59. The maximum Gasteiger partial charge on any atom is 0.249 e. The number of methoxy groups -OCH3 is 1. The number of anilines is 1. The van der Waals surface area contributed by atoms with Crippen LogP contribution in [0.5, 0.6) is 5.75 Å². The largest absolute Gasteiger partial charge is 0.497 e. The van der Waals surface area contributed by atoms with Crippen LogP contribution in [-0.4, -0.2) is 59.4 Å². The van der Waals surface area contributed by atoms with Crippen LogP contribution in [0.15, 0.2) is 36.5 Å². The number of nitrogens with one attached hydrogen (secondary N) is 2. The molecule has 0 spiro atoms. The number of hydrogen-bond donors (Lipinski definition) is 4. The van der Waals surface area contributed by atoms with E-state index in [1.165, 1.54) is 0 Å². The van der Waals surface area contributed by atoms with Crippen LogP contribution in [0.3, 0.4) is 0 Å². The fourth-order valence-corrected chi connectivity index (χ4v) is 5.38. The van der Waals surface area contributed by atoms with Crippen LogP contribution < -0.4 is 15.5 Å². The molecule has 2 heterocycles. The van der Waals surface area contributed by atoms with Gasteiger partial charge in [0.05, 0.1) is 30.3 Å². The summed E-state index contributed by atoms with van der Waals surface area (Å²) in [5, 5.41) is 23.0. The number of carbonyl (C=O) groups excluding carboxylic acids is 1. The molecule has 0 bridgehead atoms. The van der Waals surface area contributed by atoms with Gasteiger partial charge in [-0.15, -0.1) is 0 Å². The van der Waals surface area contributed by atoms with Crippen LogP contribution in [0.1, 0.15) is 36.8 Å². The first-order chi connectivity index (χ1) is 18.8. The number of hydroxylamine groups is 1. The Morgan fingerprint density at radius 2 is 1.95 bits per heavy atom. The number of carbonyl (C=O) groups is 1. The molecular formula is C28H33F3N4O4. The van der Waals surface area contributed by atoms with Crippen molar-refractivity contribution in [2.24, 2.45) is 5.41 Å². The summed E-state index contributed by atoms with van der Waals surface area (Å²) < 4.78 is 46.1. The molecule has 1 aliphatic rings. The second-order valence-corrected chi connectivity index (χ2v) is 9.90. The maximum absolute atomic E-state index is 13.9. The van der Waals surface area contributed by atoms with Crippen LogP contribution in [0, 0.1) is 22.9 Å². The van der Waals surface area contributed by atoms with Crippen molar-refractivity contribution in [2.75, 3.05) is 38.6 Å². The molecule has 1 saturated heterocycles. The van der Waals surface area contributed by atoms with Crippen molar-refractivity contribution in [1.82, 2.24) is 15.4 Å². The standard InChI is InChI=1S/C28H33F3N4O4/c1-39-20-4-5-24-22(15-20)21(18(17-36)16-33-24)3-2-6-28(27(37)34-38)7-10-35(11-8-28)12-9-32-25-14-19(29)13-23(30)26(25)31/h4-5,13-16,32,36,38H,2-3,6-12,17H2,1H3,(H,34,37). The van der Waals surface area contributed by atoms with Gasteiger partial charge in [-0.1, -0.05) is 0 Å². The summed E-state index contributed by atoms with van der Waals surface area (Å²) in [4.78, 5) is 19.3. The number of pyridine rings is 1. The summed E-state index contributed by atoms with van der Waals surface area (Å²) >= 11 is 0. The third-order valence-electron chi connectivity index (χ3n) is 7.66. The maximum atomic E-state index is 13.9. The van der Waals surface area contributed by atoms with Crippen LogP contribution >= 0.6 is 0 Å². The molecule has 8 nitrogen and oxygen atoms in total. The molecule has 0 radical (unpaired) electrons. The van der Waals surface area contributed by atoms with Crippen LogP contribution in [0.25, 0.3) is 10.9 Å². The Morgan fingerprint density at radius 3 is 2.64 bits per heavy atom. The highest BCUT2D eigenvalue weighted by Crippen LogP contribution is 2.38. The molecule has 0 aliphatic carbocycles. The lowest BCUT2D eigenvalue weighted by atomic mass is 9.73. The molecule has 3 aromatic rings. The lowest BCUT2D eigenvalue weighted by Crippen LogP contribution is -2.49. The lowest BCUT2D eigenvalue weighted by Gasteiger charge is -2.40. The Balaban J connectivity index is 1.38. The third-order valence-corrected chi connectivity index (χ3v) is 7.66. The first-order valence-corrected chi connectivity index (χ1v) is 12.9. The second kappa shape index (κ2) is 12.6. The molecule has 210 valence electrons. The van der Waals surface area contributed by atoms with Gasteiger partial charge in [0.25, 0.3) is 0 Å². The zero-order valence-electron chi connectivity index (χ0n) is 21.8. The van der Waals surface area contributed by atoms with Gasteiger partial charge in [0.15, 0.2) is 11.6 Å². The van der Waals surface area contributed by atoms with E-state index in [0.717, 1.165) is 22.5 Å². The number of rotatable bonds is 11. The van der Waals surface area contributed by atoms with Crippen molar-refractivity contribution in [3.05, 3.63) is 65.1 Å². The number of fused-ring (bicyclic) bond motifs is 1. The average molecular weight is 547 g/mol. The van der Waals surface area contributed by atoms with E-state index in [1.54, 1.807) is 13.3 Å². The number of aryl methyl sites for hydroxylation is 1. The molecule has 39 heavy (non-hydrogen) atoms. The predicted octanol–water partition coefficient (Wildman–Crippen LogP) is 4.18. The molecule has 0 atom stereocenters. The number of aromatic nitrogens is 1. The highest BCUT2D eigenvalue weighted by atomic mass is 19.2. The van der Waals surface area contributed by atoms with Gasteiger partial charge >= 0.3 is 0 Å². The Kier molecular flexibility index (Phi) is 9.26. The van der Waals surface area contributed by atoms with E-state index in [1.807, 2.05) is 23.7 Å². The number of halogens is 3. The van der Waals surface area contributed by atoms with Crippen molar-refractivity contribution in [1.29, 1.82) is 0 Å². The number of nitrogens with zero attached hydrogens (tertiary/aromatic N) is 2. The number of piperidine rings is 1. The quantitative estimate of drug-likeness (QED) is 0.162. The Hall–Kier alpha value is -3.41. The van der Waals surface area contributed by atoms with Crippen LogP contribution in [0.2, 0.25) is 0 Å². The average Bonchev–Trinajstić information content (AvgIpc) is 2.95. The van der Waals surface area contributed by atoms with Crippen molar-refractivity contribution >= 4 is 22.5 Å². The lowest BCUT2D eigenvalue weighted by molar-refractivity contribution is -0.143. The zero-order valence-corrected chi connectivity index (χ0v) is 21.8. The summed E-state index contributed by atoms with van der Waals surface area (Å²) in [6, 6.07) is 6.99. The molecule has 0 unspecified atom stereocenters. The second-order valence-electron chi connectivity index (χ2n) is 9.90. The van der Waals surface area contributed by atoms with E-state index < -0.39 is 28.8 Å². The third kappa shape index (κ3) is 6.43. The fourth-order valence-electron chi connectivity index (χ4n) is 5.38. The molecule has 1 amide bonds. The summed E-state index contributed by atoms with van der Waals surface area (Å²) in [6.07, 6.45) is 4.43. The van der Waals surface area contributed by atoms with Gasteiger partial charge in [-0.2, -0.15) is 0 Å². The predicted molar refractivity (Wildman–Crippen MR) is 140 cm³/mol. The monoisotopic (exact) mass is 546 g/mol. The van der Waals surface area contributed by atoms with E-state index in [0.29, 0.717) is 69.1 Å². The number of benzene rings is 2. The molecule has 4 rings (SSSR count). The molecule has 1 aliphatic heterocycles. The Bertz CT molecular complexity index is 1310. The van der Waals surface area contributed by atoms with Gasteiger partial charge in [0, 0.05) is 36.8 Å². The van der Waals surface area contributed by atoms with Gasteiger partial charge < -0.3 is 20.1 Å². The number of aliphatic hydroxyl groups excluding tert-OH is 1. The normalized spacial score (nSPS) is 15.3. The number of amides is 1. The van der Waals surface area contributed by atoms with Crippen LogP contribution in [0.4, 0.5) is 18.9 Å². The van der Waals surface area contributed by atoms with E-state index >= 15 is 0 Å². The fraction of sp³-hybridized carbons (Fsp3) is 0.429. The van der Waals surface area contributed by atoms with Crippen molar-refractivity contribution in [3.8, 4) is 5.75 Å². The molecule has 11 heteroatoms. The SMILES string of the molecule is COc1ccc2ncc(CO)c(CCCC3(C(=O)NO)CCN(CCNc4cc(F)cc(F)c4F)CC3)c2c1. The van der Waals surface area contributed by atoms with Gasteiger partial charge in [0.2, 0.25) is 5.91 Å². The summed E-state index contributed by atoms with van der Waals surface area (Å²) in [6.45, 7) is 1.71. The Labute approximate surface area is 224 Å². The molecule has 0 saturated carbocycles. The smallest absolute Gasteiger partial charge is 0.249 e. The van der Waals surface area contributed by atoms with Gasteiger partial charge in [0.1, 0.15) is 11.6 Å². The zero-order chi connectivity index (χ0) is 28.0. The minimum atomic E-state index is -1.25. The molecule has 4 N–H and O–H groups in total. The van der Waals surface area contributed by atoms with E-state index in [-0.39, 0.29) is 18.8 Å². The number of likely N-dealkylation sites (tertiary alicyclic amines) is 1. The molecule has 1 aromatic heterocycles. The number of ether oxygens (including phenoxy) is 1. The van der Waals surface area contributed by atoms with Crippen LogP contribution in [-0.2, 0) is 17.8 Å². The Morgan fingerprint density at radius 1 is 1.18 bits per heavy atom. The number of aliphatic hydroxyl groups is 1.